The number of rotatable bonds is 1. The summed E-state index contributed by atoms with van der Waals surface area (Å²) in [5, 5.41) is 2.28. The molecule has 0 aromatic heterocycles. The average molecular weight is 182 g/mol. The summed E-state index contributed by atoms with van der Waals surface area (Å²) in [6.45, 7) is 4.46. The number of hydrogen-bond acceptors (Lipinski definition) is 0. The lowest BCUT2D eigenvalue weighted by atomic mass is 10.4. The summed E-state index contributed by atoms with van der Waals surface area (Å²) in [7, 11) is 0.300. The van der Waals surface area contributed by atoms with Gasteiger partial charge in [-0.2, -0.15) is 4.58 Å². The highest BCUT2D eigenvalue weighted by Gasteiger charge is 2.28. The molecule has 12 heavy (non-hydrogen) atoms. The zero-order valence-electron chi connectivity index (χ0n) is 7.47. The van der Waals surface area contributed by atoms with Crippen LogP contribution >= 0.6 is 0 Å². The van der Waals surface area contributed by atoms with E-state index in [1.807, 2.05) is 0 Å². The molecular formula is C9H14N2S+2. The molecule has 0 saturated heterocycles. The van der Waals surface area contributed by atoms with Gasteiger partial charge < -0.3 is 0 Å². The highest BCUT2D eigenvalue weighted by Crippen LogP contribution is 2.06. The lowest BCUT2D eigenvalue weighted by Crippen LogP contribution is -2.20. The van der Waals surface area contributed by atoms with Crippen molar-refractivity contribution in [1.82, 2.24) is 0 Å². The third kappa shape index (κ3) is 1.29. The van der Waals surface area contributed by atoms with Gasteiger partial charge in [0.1, 0.15) is 10.7 Å². The smallest absolute Gasteiger partial charge is 0.163 e. The van der Waals surface area contributed by atoms with E-state index in [-0.39, 0.29) is 0 Å². The van der Waals surface area contributed by atoms with Crippen molar-refractivity contribution in [3.05, 3.63) is 23.8 Å². The minimum Gasteiger partial charge on any atom is -0.163 e. The Morgan fingerprint density at radius 3 is 2.83 bits per heavy atom. The molecule has 2 nitrogen and oxygen atoms in total. The molecule has 0 N–H and O–H groups in total. The lowest BCUT2D eigenvalue weighted by Gasteiger charge is -1.95. The quantitative estimate of drug-likeness (QED) is 0.539. The molecule has 2 heterocycles. The van der Waals surface area contributed by atoms with Crippen molar-refractivity contribution >= 4 is 17.0 Å². The van der Waals surface area contributed by atoms with Gasteiger partial charge in [0.2, 0.25) is 5.88 Å². The number of hydrogen-bond donors (Lipinski definition) is 0. The molecule has 0 aliphatic carbocycles. The molecule has 1 atom stereocenters. The van der Waals surface area contributed by atoms with Crippen molar-refractivity contribution in [1.29, 1.82) is 0 Å². The van der Waals surface area contributed by atoms with E-state index < -0.39 is 0 Å². The van der Waals surface area contributed by atoms with E-state index in [1.54, 1.807) is 0 Å². The number of allylic oxidation sites excluding steroid dienone is 2. The first-order valence-electron chi connectivity index (χ1n) is 4.21. The minimum absolute atomic E-state index is 0.300. The molecule has 0 saturated carbocycles. The minimum atomic E-state index is 0.300. The first kappa shape index (κ1) is 7.92. The van der Waals surface area contributed by atoms with E-state index in [4.69, 9.17) is 0 Å². The second-order valence-electron chi connectivity index (χ2n) is 3.28. The predicted octanol–water partition coefficient (Wildman–Crippen LogP) is 1.26. The van der Waals surface area contributed by atoms with Crippen LogP contribution < -0.4 is 0 Å². The monoisotopic (exact) mass is 182 g/mol. The fraction of sp³-hybridized carbons (Fsp3) is 0.444. The second-order valence-corrected chi connectivity index (χ2v) is 5.04. The fourth-order valence-electron chi connectivity index (χ4n) is 1.24. The van der Waals surface area contributed by atoms with Crippen molar-refractivity contribution in [2.45, 2.75) is 19.9 Å². The van der Waals surface area contributed by atoms with Crippen molar-refractivity contribution in [3.8, 4) is 0 Å². The molecule has 2 rings (SSSR count). The Morgan fingerprint density at radius 1 is 1.33 bits per heavy atom. The maximum atomic E-state index is 2.38. The summed E-state index contributed by atoms with van der Waals surface area (Å²) in [6, 6.07) is 0.616. The highest BCUT2D eigenvalue weighted by molar-refractivity contribution is 7.88. The molecule has 0 amide bonds. The molecule has 3 heteroatoms. The van der Waals surface area contributed by atoms with Crippen LogP contribution in [0.25, 0.3) is 0 Å². The van der Waals surface area contributed by atoms with Crippen LogP contribution in [0.15, 0.2) is 23.8 Å². The molecule has 0 radical (unpaired) electrons. The third-order valence-corrected chi connectivity index (χ3v) is 3.85. The molecule has 0 fully saturated rings. The topological polar surface area (TPSA) is 6.02 Å². The van der Waals surface area contributed by atoms with Gasteiger partial charge in [-0.3, -0.25) is 0 Å². The summed E-state index contributed by atoms with van der Waals surface area (Å²) < 4.78 is 4.67. The van der Waals surface area contributed by atoms with Gasteiger partial charge in [-0.1, -0.05) is 3.95 Å². The van der Waals surface area contributed by atoms with Crippen molar-refractivity contribution < 1.29 is 8.52 Å². The summed E-state index contributed by atoms with van der Waals surface area (Å²) in [4.78, 5) is 0. The Balaban J connectivity index is 2.26. The van der Waals surface area contributed by atoms with Crippen LogP contribution in [0.5, 0.6) is 0 Å². The molecule has 0 aromatic rings. The van der Waals surface area contributed by atoms with E-state index in [2.05, 4.69) is 52.5 Å². The molecule has 0 bridgehead atoms. The van der Waals surface area contributed by atoms with Crippen LogP contribution in [0.2, 0.25) is 0 Å². The fourth-order valence-corrected chi connectivity index (χ4v) is 3.01. The van der Waals surface area contributed by atoms with Gasteiger partial charge in [-0.05, 0) is 19.9 Å². The summed E-state index contributed by atoms with van der Waals surface area (Å²) >= 11 is 0. The summed E-state index contributed by atoms with van der Waals surface area (Å²) in [6.07, 6.45) is 8.58. The van der Waals surface area contributed by atoms with Gasteiger partial charge in [0.05, 0.1) is 0 Å². The van der Waals surface area contributed by atoms with E-state index in [1.165, 1.54) is 0 Å². The zero-order valence-corrected chi connectivity index (χ0v) is 8.29. The van der Waals surface area contributed by atoms with E-state index in [0.717, 1.165) is 5.88 Å². The van der Waals surface area contributed by atoms with Gasteiger partial charge >= 0.3 is 6.34 Å². The molecule has 64 valence electrons. The Bertz CT molecular complexity index is 321. The van der Waals surface area contributed by atoms with Gasteiger partial charge in [0.25, 0.3) is 0 Å². The van der Waals surface area contributed by atoms with Crippen LogP contribution in [0.4, 0.5) is 0 Å². The largest absolute Gasteiger partial charge is 0.415 e. The van der Waals surface area contributed by atoms with Gasteiger partial charge in [0, 0.05) is 11.5 Å². The first-order valence-corrected chi connectivity index (χ1v) is 5.62. The molecule has 2 aliphatic heterocycles. The summed E-state index contributed by atoms with van der Waals surface area (Å²) in [5.41, 5.74) is 0. The van der Waals surface area contributed by atoms with Crippen molar-refractivity contribution in [3.63, 3.8) is 0 Å². The van der Waals surface area contributed by atoms with Crippen molar-refractivity contribution in [2.75, 3.05) is 5.88 Å². The normalized spacial score (nSPS) is 26.4. The Labute approximate surface area is 75.6 Å². The molecular weight excluding hydrogens is 168 g/mol. The van der Waals surface area contributed by atoms with Crippen molar-refractivity contribution in [2.24, 2.45) is 0 Å². The van der Waals surface area contributed by atoms with Gasteiger partial charge in [0.15, 0.2) is 12.2 Å². The van der Waals surface area contributed by atoms with Crippen LogP contribution in [0, 0.1) is 0 Å². The van der Waals surface area contributed by atoms with Gasteiger partial charge in [-0.25, -0.2) is 0 Å². The molecule has 0 spiro atoms. The van der Waals surface area contributed by atoms with Gasteiger partial charge in [-0.15, -0.1) is 0 Å². The SMILES string of the molecule is CC(C)[N+]1=C[N+]2=S(C=CC=C2)C1. The second kappa shape index (κ2) is 2.98. The Kier molecular flexibility index (Phi) is 1.97. The molecule has 1 unspecified atom stereocenters. The zero-order chi connectivity index (χ0) is 8.55. The Hall–Kier alpha value is -0.700. The maximum Gasteiger partial charge on any atom is 0.415 e. The standard InChI is InChI=1S/C9H14N2S/c1-9(2)10-7-11-5-3-4-6-12(11)8-10/h3-7,9H,8H2,1-2H3/q+2. The predicted molar refractivity (Wildman–Crippen MR) is 52.2 cm³/mol. The highest BCUT2D eigenvalue weighted by atomic mass is 32.2. The molecule has 2 aliphatic rings. The average Bonchev–Trinajstić information content (AvgIpc) is 2.46. The maximum absolute atomic E-state index is 2.38. The van der Waals surface area contributed by atoms with Crippen LogP contribution in [0.3, 0.4) is 0 Å². The van der Waals surface area contributed by atoms with Crippen LogP contribution in [-0.2, 0) is 10.7 Å². The third-order valence-electron chi connectivity index (χ3n) is 2.06. The first-order chi connectivity index (χ1) is 5.77. The Morgan fingerprint density at radius 2 is 2.17 bits per heavy atom. The van der Waals surface area contributed by atoms with E-state index in [9.17, 15) is 0 Å². The van der Waals surface area contributed by atoms with E-state index >= 15 is 0 Å². The van der Waals surface area contributed by atoms with E-state index in [0.29, 0.717) is 16.7 Å². The number of nitrogens with zero attached hydrogens (tertiary/aromatic N) is 2. The van der Waals surface area contributed by atoms with Crippen LogP contribution in [0.1, 0.15) is 13.8 Å². The summed E-state index contributed by atoms with van der Waals surface area (Å²) in [5.74, 6) is 1.15. The lowest BCUT2D eigenvalue weighted by molar-refractivity contribution is -0.554. The molecule has 0 aromatic carbocycles. The van der Waals surface area contributed by atoms with Crippen LogP contribution in [-0.4, -0.2) is 26.8 Å².